The van der Waals surface area contributed by atoms with Crippen LogP contribution in [0.1, 0.15) is 336 Å². The summed E-state index contributed by atoms with van der Waals surface area (Å²) in [6, 6.07) is 0. The fourth-order valence-corrected chi connectivity index (χ4v) is 12.5. The third-order valence-corrected chi connectivity index (χ3v) is 19.2. The number of carbonyl (C=O) groups is 4. The zero-order valence-electron chi connectivity index (χ0n) is 67.7. The van der Waals surface area contributed by atoms with Gasteiger partial charge in [0.1, 0.15) is 19.3 Å². The van der Waals surface area contributed by atoms with Crippen LogP contribution < -0.4 is 0 Å². The van der Waals surface area contributed by atoms with E-state index in [4.69, 9.17) is 37.0 Å². The SMILES string of the molecule is CC/C=C\C/C=C\C/C=C\C/C=C\C/C=C\CCCCCC(=O)OCC(COP(=O)(O)OCC(O)COP(=O)(O)OCC(COC(=O)CCCCCCCC/C=C\C/C=C\C/C=C\C/C=C\CC)OC(=O)CCCCCCCC/C=C\C/C=C\C/C=C\CCCCC)OC(=O)CCCCCCCCCCCCC. The van der Waals surface area contributed by atoms with Crippen LogP contribution in [0.15, 0.2) is 146 Å². The highest BCUT2D eigenvalue weighted by molar-refractivity contribution is 7.47. The van der Waals surface area contributed by atoms with Gasteiger partial charge in [-0.3, -0.25) is 37.3 Å². The van der Waals surface area contributed by atoms with Crippen molar-refractivity contribution < 1.29 is 80.2 Å². The topological polar surface area (TPSA) is 237 Å². The molecule has 0 saturated heterocycles. The molecule has 618 valence electrons. The van der Waals surface area contributed by atoms with Crippen molar-refractivity contribution in [2.75, 3.05) is 39.6 Å². The van der Waals surface area contributed by atoms with Gasteiger partial charge in [-0.2, -0.15) is 0 Å². The van der Waals surface area contributed by atoms with Crippen molar-refractivity contribution >= 4 is 39.5 Å². The van der Waals surface area contributed by atoms with Crippen molar-refractivity contribution in [2.24, 2.45) is 0 Å². The summed E-state index contributed by atoms with van der Waals surface area (Å²) in [5.74, 6) is -2.23. The van der Waals surface area contributed by atoms with Crippen LogP contribution in [0.25, 0.3) is 0 Å². The Morgan fingerprint density at radius 2 is 0.481 bits per heavy atom. The Bertz CT molecular complexity index is 2610. The molecule has 0 aromatic rings. The third-order valence-electron chi connectivity index (χ3n) is 17.3. The molecule has 3 N–H and O–H groups in total. The molecule has 0 fully saturated rings. The Kier molecular flexibility index (Phi) is 76.3. The van der Waals surface area contributed by atoms with Gasteiger partial charge < -0.3 is 33.8 Å². The van der Waals surface area contributed by atoms with Gasteiger partial charge in [0.15, 0.2) is 12.2 Å². The zero-order chi connectivity index (χ0) is 78.9. The fourth-order valence-electron chi connectivity index (χ4n) is 11.0. The van der Waals surface area contributed by atoms with Gasteiger partial charge in [-0.1, -0.05) is 308 Å². The monoisotopic (exact) mass is 1550 g/mol. The number of phosphoric ester groups is 2. The number of unbranched alkanes of at least 4 members (excludes halogenated alkanes) is 28. The summed E-state index contributed by atoms with van der Waals surface area (Å²) in [6.45, 7) is 4.57. The molecule has 0 aliphatic rings. The van der Waals surface area contributed by atoms with Crippen LogP contribution in [-0.4, -0.2) is 96.7 Å². The molecule has 5 unspecified atom stereocenters. The van der Waals surface area contributed by atoms with Gasteiger partial charge >= 0.3 is 39.5 Å². The second-order valence-corrected chi connectivity index (χ2v) is 30.6. The van der Waals surface area contributed by atoms with Gasteiger partial charge in [0.25, 0.3) is 0 Å². The second-order valence-electron chi connectivity index (χ2n) is 27.7. The standard InChI is InChI=1S/C89H150O17P2/c1-5-9-13-17-21-25-29-32-35-38-41-44-47-50-54-57-61-65-69-73-86(91)99-79-84(105-88(93)75-71-67-63-59-53-28-24-20-16-12-8-4)81-103-107(95,96)101-77-83(90)78-102-108(97,98)104-82-85(106-89(94)76-72-68-64-60-56-52-49-46-43-40-37-34-31-27-23-19-15-11-7-3)80-100-87(92)74-70-66-62-58-55-51-48-45-42-39-36-33-30-26-22-18-14-10-6-2/h9-10,13-14,21-23,25-27,32-37,41-46,50,54,83-85,90H,5-8,11-12,15-20,24,28-31,38-40,47-49,51-53,55-82H2,1-4H3,(H,95,96)(H,97,98)/b13-9-,14-10-,25-21-,26-22-,27-23-,35-32-,36-33-,37-34-,44-41-,45-42-,46-43-,54-50-. The molecule has 0 radical (unpaired) electrons. The number of rotatable bonds is 78. The van der Waals surface area contributed by atoms with Gasteiger partial charge in [0.05, 0.1) is 26.4 Å². The second kappa shape index (κ2) is 80.0. The van der Waals surface area contributed by atoms with Crippen LogP contribution in [0.2, 0.25) is 0 Å². The van der Waals surface area contributed by atoms with Crippen molar-refractivity contribution in [1.82, 2.24) is 0 Å². The number of aliphatic hydroxyl groups excluding tert-OH is 1. The molecule has 0 saturated carbocycles. The van der Waals surface area contributed by atoms with Gasteiger partial charge in [0.2, 0.25) is 0 Å². The molecule has 0 aliphatic heterocycles. The Balaban J connectivity index is 5.39. The predicted octanol–water partition coefficient (Wildman–Crippen LogP) is 25.0. The summed E-state index contributed by atoms with van der Waals surface area (Å²) in [6.07, 6.45) is 92.4. The minimum Gasteiger partial charge on any atom is -0.462 e. The first-order chi connectivity index (χ1) is 52.7. The van der Waals surface area contributed by atoms with E-state index < -0.39 is 97.5 Å². The highest BCUT2D eigenvalue weighted by atomic mass is 31.2. The summed E-state index contributed by atoms with van der Waals surface area (Å²) in [5, 5.41) is 10.7. The fraction of sp³-hybridized carbons (Fsp3) is 0.685. The van der Waals surface area contributed by atoms with Crippen LogP contribution in [-0.2, 0) is 65.4 Å². The van der Waals surface area contributed by atoms with E-state index in [1.807, 2.05) is 0 Å². The molecular formula is C89H150O17P2. The lowest BCUT2D eigenvalue weighted by molar-refractivity contribution is -0.161. The smallest absolute Gasteiger partial charge is 0.462 e. The number of carbonyl (C=O) groups excluding carboxylic acids is 4. The van der Waals surface area contributed by atoms with E-state index in [-0.39, 0.29) is 25.7 Å². The Morgan fingerprint density at radius 3 is 0.769 bits per heavy atom. The number of aliphatic hydroxyl groups is 1. The molecule has 19 heteroatoms. The third kappa shape index (κ3) is 79.0. The van der Waals surface area contributed by atoms with Crippen molar-refractivity contribution in [3.8, 4) is 0 Å². The first-order valence-corrected chi connectivity index (χ1v) is 45.1. The average molecular weight is 1550 g/mol. The molecule has 0 amide bonds. The number of esters is 4. The minimum absolute atomic E-state index is 0.0732. The molecule has 5 atom stereocenters. The lowest BCUT2D eigenvalue weighted by Crippen LogP contribution is -2.30. The highest BCUT2D eigenvalue weighted by Gasteiger charge is 2.30. The van der Waals surface area contributed by atoms with Gasteiger partial charge in [0, 0.05) is 25.7 Å². The van der Waals surface area contributed by atoms with E-state index in [0.717, 1.165) is 199 Å². The van der Waals surface area contributed by atoms with E-state index in [1.54, 1.807) is 0 Å². The van der Waals surface area contributed by atoms with Crippen LogP contribution in [0, 0.1) is 0 Å². The Labute approximate surface area is 656 Å². The van der Waals surface area contributed by atoms with Crippen molar-refractivity contribution in [3.05, 3.63) is 146 Å². The van der Waals surface area contributed by atoms with Crippen molar-refractivity contribution in [2.45, 2.75) is 354 Å². The van der Waals surface area contributed by atoms with Gasteiger partial charge in [-0.15, -0.1) is 0 Å². The molecule has 0 aromatic heterocycles. The van der Waals surface area contributed by atoms with Crippen LogP contribution in [0.3, 0.4) is 0 Å². The number of hydrogen-bond donors (Lipinski definition) is 3. The first-order valence-electron chi connectivity index (χ1n) is 42.1. The quantitative estimate of drug-likeness (QED) is 0.0169. The molecule has 0 aromatic carbocycles. The molecule has 0 heterocycles. The van der Waals surface area contributed by atoms with E-state index >= 15 is 0 Å². The normalized spacial score (nSPS) is 14.5. The zero-order valence-corrected chi connectivity index (χ0v) is 69.5. The Morgan fingerprint density at radius 1 is 0.269 bits per heavy atom. The molecule has 0 spiro atoms. The molecular weight excluding hydrogens is 1400 g/mol. The van der Waals surface area contributed by atoms with E-state index in [1.165, 1.54) is 57.8 Å². The van der Waals surface area contributed by atoms with Crippen LogP contribution >= 0.6 is 15.6 Å². The largest absolute Gasteiger partial charge is 0.472 e. The molecule has 17 nitrogen and oxygen atoms in total. The maximum absolute atomic E-state index is 13.1. The van der Waals surface area contributed by atoms with Crippen molar-refractivity contribution in [3.63, 3.8) is 0 Å². The lowest BCUT2D eigenvalue weighted by Gasteiger charge is -2.21. The molecule has 108 heavy (non-hydrogen) atoms. The maximum Gasteiger partial charge on any atom is 0.472 e. The van der Waals surface area contributed by atoms with E-state index in [0.29, 0.717) is 25.7 Å². The van der Waals surface area contributed by atoms with E-state index in [2.05, 4.69) is 174 Å². The van der Waals surface area contributed by atoms with Crippen LogP contribution in [0.4, 0.5) is 0 Å². The van der Waals surface area contributed by atoms with Crippen LogP contribution in [0.5, 0.6) is 0 Å². The highest BCUT2D eigenvalue weighted by Crippen LogP contribution is 2.45. The Hall–Kier alpha value is -5.06. The van der Waals surface area contributed by atoms with Gasteiger partial charge in [-0.25, -0.2) is 9.13 Å². The molecule has 0 aliphatic carbocycles. The predicted molar refractivity (Wildman–Crippen MR) is 445 cm³/mol. The van der Waals surface area contributed by atoms with E-state index in [9.17, 15) is 43.2 Å². The number of phosphoric acid groups is 2. The average Bonchev–Trinajstić information content (AvgIpc) is 0.899. The summed E-state index contributed by atoms with van der Waals surface area (Å²) in [7, 11) is -9.98. The maximum atomic E-state index is 13.1. The molecule has 0 bridgehead atoms. The number of hydrogen-bond acceptors (Lipinski definition) is 15. The first kappa shape index (κ1) is 103. The number of ether oxygens (including phenoxy) is 4. The molecule has 0 rings (SSSR count). The minimum atomic E-state index is -4.99. The lowest BCUT2D eigenvalue weighted by atomic mass is 10.1. The van der Waals surface area contributed by atoms with Gasteiger partial charge in [-0.05, 0) is 148 Å². The summed E-state index contributed by atoms with van der Waals surface area (Å²) in [5.41, 5.74) is 0. The summed E-state index contributed by atoms with van der Waals surface area (Å²) < 4.78 is 68.7. The number of allylic oxidation sites excluding steroid dienone is 24. The summed E-state index contributed by atoms with van der Waals surface area (Å²) >= 11 is 0. The van der Waals surface area contributed by atoms with Crippen molar-refractivity contribution in [1.29, 1.82) is 0 Å². The summed E-state index contributed by atoms with van der Waals surface area (Å²) in [4.78, 5) is 73.2.